The van der Waals surface area contributed by atoms with E-state index in [-0.39, 0.29) is 12.1 Å². The number of nitrogens with one attached hydrogen (secondary N) is 2. The number of hydrogen-bond donors (Lipinski definition) is 2. The van der Waals surface area contributed by atoms with Gasteiger partial charge in [0, 0.05) is 25.3 Å². The monoisotopic (exact) mass is 342 g/mol. The molecule has 5 nitrogen and oxygen atoms in total. The summed E-state index contributed by atoms with van der Waals surface area (Å²) < 4.78 is 33.4. The molecule has 1 unspecified atom stereocenters. The Morgan fingerprint density at radius 1 is 1.21 bits per heavy atom. The van der Waals surface area contributed by atoms with Crippen LogP contribution in [0.1, 0.15) is 25.5 Å². The molecule has 1 aromatic carbocycles. The van der Waals surface area contributed by atoms with E-state index >= 15 is 0 Å². The first-order chi connectivity index (χ1) is 11.5. The van der Waals surface area contributed by atoms with Crippen LogP contribution in [0.5, 0.6) is 0 Å². The van der Waals surface area contributed by atoms with E-state index in [1.54, 1.807) is 19.0 Å². The first-order valence-corrected chi connectivity index (χ1v) is 8.21. The Morgan fingerprint density at radius 3 is 2.42 bits per heavy atom. The third-order valence-electron chi connectivity index (χ3n) is 3.47. The van der Waals surface area contributed by atoms with E-state index in [9.17, 15) is 8.78 Å². The van der Waals surface area contributed by atoms with Gasteiger partial charge in [0.05, 0.1) is 19.2 Å². The van der Waals surface area contributed by atoms with Crippen molar-refractivity contribution in [3.05, 3.63) is 35.4 Å². The lowest BCUT2D eigenvalue weighted by molar-refractivity contribution is 0.152. The topological polar surface area (TPSA) is 48.9 Å². The van der Waals surface area contributed by atoms with Gasteiger partial charge in [0.15, 0.2) is 5.96 Å². The minimum Gasteiger partial charge on any atom is -0.380 e. The van der Waals surface area contributed by atoms with Crippen molar-refractivity contribution in [2.45, 2.75) is 19.9 Å². The van der Waals surface area contributed by atoms with E-state index in [2.05, 4.69) is 15.6 Å². The highest BCUT2D eigenvalue weighted by Gasteiger charge is 2.22. The van der Waals surface area contributed by atoms with Gasteiger partial charge >= 0.3 is 0 Å². The average Bonchev–Trinajstić information content (AvgIpc) is 2.53. The van der Waals surface area contributed by atoms with Crippen molar-refractivity contribution >= 4 is 5.96 Å². The molecular formula is C17H28F2N4O. The summed E-state index contributed by atoms with van der Waals surface area (Å²) in [6.45, 7) is 6.66. The lowest BCUT2D eigenvalue weighted by atomic mass is 10.0. The van der Waals surface area contributed by atoms with Gasteiger partial charge in [-0.1, -0.05) is 6.07 Å². The first kappa shape index (κ1) is 20.3. The van der Waals surface area contributed by atoms with Crippen molar-refractivity contribution in [1.29, 1.82) is 0 Å². The normalized spacial score (nSPS) is 13.2. The maximum atomic E-state index is 14.1. The molecule has 0 heterocycles. The molecule has 2 N–H and O–H groups in total. The van der Waals surface area contributed by atoms with Crippen LogP contribution in [0.2, 0.25) is 0 Å². The molecule has 0 amide bonds. The summed E-state index contributed by atoms with van der Waals surface area (Å²) >= 11 is 0. The van der Waals surface area contributed by atoms with E-state index in [1.165, 1.54) is 18.2 Å². The average molecular weight is 342 g/mol. The van der Waals surface area contributed by atoms with Crippen LogP contribution in [-0.4, -0.2) is 57.8 Å². The van der Waals surface area contributed by atoms with Gasteiger partial charge in [0.1, 0.15) is 11.6 Å². The highest BCUT2D eigenvalue weighted by Crippen LogP contribution is 2.24. The second-order valence-corrected chi connectivity index (χ2v) is 5.46. The van der Waals surface area contributed by atoms with Crippen molar-refractivity contribution in [3.63, 3.8) is 0 Å². The molecule has 0 aromatic heterocycles. The number of nitrogens with zero attached hydrogens (tertiary/aromatic N) is 2. The number of aliphatic imine (C=N–C) groups is 1. The Balaban J connectivity index is 2.85. The predicted molar refractivity (Wildman–Crippen MR) is 93.3 cm³/mol. The zero-order valence-corrected chi connectivity index (χ0v) is 14.9. The van der Waals surface area contributed by atoms with Crippen molar-refractivity contribution < 1.29 is 13.5 Å². The molecule has 0 saturated heterocycles. The quantitative estimate of drug-likeness (QED) is 0.410. The van der Waals surface area contributed by atoms with E-state index < -0.39 is 17.7 Å². The van der Waals surface area contributed by atoms with Gasteiger partial charge in [-0.05, 0) is 40.1 Å². The van der Waals surface area contributed by atoms with E-state index in [0.29, 0.717) is 32.3 Å². The van der Waals surface area contributed by atoms with E-state index in [1.807, 2.05) is 13.8 Å². The molecule has 0 radical (unpaired) electrons. The Labute approximate surface area is 143 Å². The predicted octanol–water partition coefficient (Wildman–Crippen LogP) is 2.16. The second kappa shape index (κ2) is 10.9. The number of halogens is 2. The Hall–Kier alpha value is -1.73. The lowest BCUT2D eigenvalue weighted by Crippen LogP contribution is -2.39. The van der Waals surface area contributed by atoms with Gasteiger partial charge < -0.3 is 20.3 Å². The van der Waals surface area contributed by atoms with Crippen LogP contribution in [0.3, 0.4) is 0 Å². The molecule has 0 fully saturated rings. The molecule has 0 saturated carbocycles. The van der Waals surface area contributed by atoms with Crippen molar-refractivity contribution in [2.75, 3.05) is 46.9 Å². The van der Waals surface area contributed by atoms with Crippen LogP contribution in [0.25, 0.3) is 0 Å². The minimum absolute atomic E-state index is 0.0383. The third kappa shape index (κ3) is 6.41. The fraction of sp³-hybridized carbons (Fsp3) is 0.588. The fourth-order valence-corrected chi connectivity index (χ4v) is 2.25. The highest BCUT2D eigenvalue weighted by molar-refractivity contribution is 5.79. The summed E-state index contributed by atoms with van der Waals surface area (Å²) in [5.74, 6) is -0.516. The maximum Gasteiger partial charge on any atom is 0.191 e. The Bertz CT molecular complexity index is 503. The standard InChI is InChI=1S/C17H28F2N4O/c1-5-20-17(21-10-11-24-6-2)22-12-15(23(3)4)16-13(18)8-7-9-14(16)19/h7-9,15H,5-6,10-12H2,1-4H3,(H2,20,21,22). The summed E-state index contributed by atoms with van der Waals surface area (Å²) in [7, 11) is 3.56. The SMILES string of the molecule is CCNC(=NCC(c1c(F)cccc1F)N(C)C)NCCOCC. The number of benzene rings is 1. The Morgan fingerprint density at radius 2 is 1.88 bits per heavy atom. The van der Waals surface area contributed by atoms with Crippen LogP contribution in [0.4, 0.5) is 8.78 Å². The minimum atomic E-state index is -0.557. The van der Waals surface area contributed by atoms with Gasteiger partial charge in [-0.3, -0.25) is 4.99 Å². The molecule has 1 atom stereocenters. The molecule has 0 spiro atoms. The highest BCUT2D eigenvalue weighted by atomic mass is 19.1. The molecule has 1 rings (SSSR count). The molecule has 7 heteroatoms. The number of guanidine groups is 1. The summed E-state index contributed by atoms with van der Waals surface area (Å²) in [5, 5.41) is 6.25. The largest absolute Gasteiger partial charge is 0.380 e. The van der Waals surface area contributed by atoms with Gasteiger partial charge in [0.2, 0.25) is 0 Å². The number of likely N-dealkylation sites (N-methyl/N-ethyl adjacent to an activating group) is 1. The molecule has 1 aromatic rings. The summed E-state index contributed by atoms with van der Waals surface area (Å²) in [4.78, 5) is 6.21. The molecule has 24 heavy (non-hydrogen) atoms. The molecule has 136 valence electrons. The van der Waals surface area contributed by atoms with Crippen LogP contribution < -0.4 is 10.6 Å². The molecule has 0 aliphatic heterocycles. The molecule has 0 aliphatic carbocycles. The molecule has 0 bridgehead atoms. The van der Waals surface area contributed by atoms with Crippen LogP contribution in [0, 0.1) is 11.6 Å². The van der Waals surface area contributed by atoms with Crippen molar-refractivity contribution in [2.24, 2.45) is 4.99 Å². The van der Waals surface area contributed by atoms with Crippen molar-refractivity contribution in [3.8, 4) is 0 Å². The zero-order chi connectivity index (χ0) is 17.9. The third-order valence-corrected chi connectivity index (χ3v) is 3.47. The van der Waals surface area contributed by atoms with E-state index in [4.69, 9.17) is 4.74 Å². The van der Waals surface area contributed by atoms with E-state index in [0.717, 1.165) is 0 Å². The summed E-state index contributed by atoms with van der Waals surface area (Å²) in [5.41, 5.74) is 0.0383. The van der Waals surface area contributed by atoms with Crippen LogP contribution >= 0.6 is 0 Å². The van der Waals surface area contributed by atoms with Crippen LogP contribution in [0.15, 0.2) is 23.2 Å². The van der Waals surface area contributed by atoms with Gasteiger partial charge in [-0.2, -0.15) is 0 Å². The number of rotatable bonds is 9. The zero-order valence-electron chi connectivity index (χ0n) is 14.9. The van der Waals surface area contributed by atoms with Gasteiger partial charge in [-0.25, -0.2) is 8.78 Å². The number of hydrogen-bond acceptors (Lipinski definition) is 3. The molecular weight excluding hydrogens is 314 g/mol. The van der Waals surface area contributed by atoms with Crippen molar-refractivity contribution in [1.82, 2.24) is 15.5 Å². The Kier molecular flexibility index (Phi) is 9.26. The number of ether oxygens (including phenoxy) is 1. The molecule has 0 aliphatic rings. The maximum absolute atomic E-state index is 14.1. The summed E-state index contributed by atoms with van der Waals surface area (Å²) in [6.07, 6.45) is 0. The lowest BCUT2D eigenvalue weighted by Gasteiger charge is -2.24. The van der Waals surface area contributed by atoms with Gasteiger partial charge in [-0.15, -0.1) is 0 Å². The fourth-order valence-electron chi connectivity index (χ4n) is 2.25. The van der Waals surface area contributed by atoms with Crippen LogP contribution in [-0.2, 0) is 4.74 Å². The first-order valence-electron chi connectivity index (χ1n) is 8.21. The smallest absolute Gasteiger partial charge is 0.191 e. The second-order valence-electron chi connectivity index (χ2n) is 5.46. The van der Waals surface area contributed by atoms with Gasteiger partial charge in [0.25, 0.3) is 0 Å². The summed E-state index contributed by atoms with van der Waals surface area (Å²) in [6, 6.07) is 3.41.